The Bertz CT molecular complexity index is 474. The van der Waals surface area contributed by atoms with Crippen LogP contribution in [0.15, 0.2) is 36.9 Å². The third-order valence-corrected chi connectivity index (χ3v) is 2.74. The molecule has 0 fully saturated rings. The number of hydrogen-bond acceptors (Lipinski definition) is 2. The molecule has 1 amide bonds. The number of halogens is 2. The molecule has 1 N–H and O–H groups in total. The van der Waals surface area contributed by atoms with Crippen LogP contribution in [0.25, 0.3) is 0 Å². The summed E-state index contributed by atoms with van der Waals surface area (Å²) in [6, 6.07) is 6.52. The van der Waals surface area contributed by atoms with E-state index >= 15 is 0 Å². The van der Waals surface area contributed by atoms with E-state index in [1.54, 1.807) is 24.3 Å². The minimum atomic E-state index is -3.43. The highest BCUT2D eigenvalue weighted by atomic mass is 19.3. The van der Waals surface area contributed by atoms with E-state index in [0.717, 1.165) is 11.6 Å². The highest BCUT2D eigenvalue weighted by Crippen LogP contribution is 2.32. The van der Waals surface area contributed by atoms with Crippen LogP contribution in [0.3, 0.4) is 0 Å². The first-order valence-corrected chi connectivity index (χ1v) is 5.56. The second-order valence-electron chi connectivity index (χ2n) is 4.07. The minimum absolute atomic E-state index is 0.176. The van der Waals surface area contributed by atoms with E-state index in [9.17, 15) is 13.6 Å². The molecular formula is C13H13F2NO2. The third-order valence-electron chi connectivity index (χ3n) is 2.74. The molecule has 0 aromatic heterocycles. The van der Waals surface area contributed by atoms with Crippen molar-refractivity contribution in [2.45, 2.75) is 18.4 Å². The average molecular weight is 253 g/mol. The summed E-state index contributed by atoms with van der Waals surface area (Å²) in [5.74, 6) is -4.11. The van der Waals surface area contributed by atoms with Crippen LogP contribution in [-0.2, 0) is 4.79 Å². The summed E-state index contributed by atoms with van der Waals surface area (Å²) in [5.41, 5.74) is 0.722. The van der Waals surface area contributed by atoms with Crippen molar-refractivity contribution < 1.29 is 18.3 Å². The van der Waals surface area contributed by atoms with Gasteiger partial charge in [0, 0.05) is 12.0 Å². The Labute approximate surface area is 103 Å². The van der Waals surface area contributed by atoms with E-state index < -0.39 is 24.3 Å². The number of ether oxygens (including phenoxy) is 1. The molecule has 1 aliphatic rings. The largest absolute Gasteiger partial charge is 0.491 e. The van der Waals surface area contributed by atoms with Gasteiger partial charge in [-0.2, -0.15) is 8.78 Å². The van der Waals surface area contributed by atoms with E-state index in [2.05, 4.69) is 11.9 Å². The minimum Gasteiger partial charge on any atom is -0.491 e. The summed E-state index contributed by atoms with van der Waals surface area (Å²) >= 11 is 0. The van der Waals surface area contributed by atoms with Gasteiger partial charge < -0.3 is 10.1 Å². The van der Waals surface area contributed by atoms with E-state index in [1.807, 2.05) is 0 Å². The van der Waals surface area contributed by atoms with Gasteiger partial charge in [0.2, 0.25) is 0 Å². The molecule has 0 unspecified atom stereocenters. The van der Waals surface area contributed by atoms with Crippen molar-refractivity contribution >= 4 is 5.91 Å². The molecule has 0 radical (unpaired) electrons. The summed E-state index contributed by atoms with van der Waals surface area (Å²) < 4.78 is 32.0. The van der Waals surface area contributed by atoms with Crippen molar-refractivity contribution in [3.8, 4) is 5.75 Å². The van der Waals surface area contributed by atoms with Gasteiger partial charge in [0.1, 0.15) is 12.4 Å². The molecule has 1 aliphatic heterocycles. The zero-order valence-corrected chi connectivity index (χ0v) is 9.66. The van der Waals surface area contributed by atoms with Gasteiger partial charge in [-0.3, -0.25) is 4.79 Å². The summed E-state index contributed by atoms with van der Waals surface area (Å²) in [6.07, 6.45) is 0.354. The molecule has 1 atom stereocenters. The van der Waals surface area contributed by atoms with E-state index in [-0.39, 0.29) is 6.61 Å². The number of rotatable bonds is 4. The molecule has 96 valence electrons. The predicted octanol–water partition coefficient (Wildman–Crippen LogP) is 2.45. The molecule has 0 saturated carbocycles. The van der Waals surface area contributed by atoms with Crippen LogP contribution in [0.5, 0.6) is 5.75 Å². The zero-order valence-electron chi connectivity index (χ0n) is 9.66. The Morgan fingerprint density at radius 3 is 3.00 bits per heavy atom. The lowest BCUT2D eigenvalue weighted by molar-refractivity contribution is -0.146. The normalized spacial score (nSPS) is 17.8. The molecule has 2 rings (SSSR count). The number of carbonyl (C=O) groups excluding carboxylic acids is 1. The Hall–Kier alpha value is -1.91. The van der Waals surface area contributed by atoms with Crippen molar-refractivity contribution in [2.75, 3.05) is 6.61 Å². The molecule has 18 heavy (non-hydrogen) atoms. The molecule has 5 heteroatoms. The number of amides is 1. The number of nitrogens with one attached hydrogen (secondary N) is 1. The van der Waals surface area contributed by atoms with Gasteiger partial charge in [0.15, 0.2) is 0 Å². The van der Waals surface area contributed by atoms with Crippen molar-refractivity contribution in [3.63, 3.8) is 0 Å². The van der Waals surface area contributed by atoms with E-state index in [1.165, 1.54) is 0 Å². The molecule has 3 nitrogen and oxygen atoms in total. The van der Waals surface area contributed by atoms with E-state index in [4.69, 9.17) is 4.74 Å². The lowest BCUT2D eigenvalue weighted by Crippen LogP contribution is -2.42. The fraction of sp³-hybridized carbons (Fsp3) is 0.308. The molecule has 0 saturated heterocycles. The monoisotopic (exact) mass is 253 g/mol. The van der Waals surface area contributed by atoms with Gasteiger partial charge in [-0.25, -0.2) is 0 Å². The van der Waals surface area contributed by atoms with Gasteiger partial charge in [-0.15, -0.1) is 6.58 Å². The smallest absolute Gasteiger partial charge is 0.327 e. The van der Waals surface area contributed by atoms with Crippen molar-refractivity contribution in [2.24, 2.45) is 0 Å². The summed E-state index contributed by atoms with van der Waals surface area (Å²) in [7, 11) is 0. The Kier molecular flexibility index (Phi) is 3.32. The van der Waals surface area contributed by atoms with Gasteiger partial charge in [0.05, 0.1) is 6.04 Å². The lowest BCUT2D eigenvalue weighted by atomic mass is 10.1. The van der Waals surface area contributed by atoms with Crippen LogP contribution >= 0.6 is 0 Å². The standard InChI is InChI=1S/C13H13F2NO2/c1-2-7-13(14,15)12(17)16-10-8-18-11-6-4-3-5-9(10)11/h2-6,10H,1,7-8H2,(H,16,17)/t10-/m1/s1. The second-order valence-corrected chi connectivity index (χ2v) is 4.07. The summed E-state index contributed by atoms with van der Waals surface area (Å²) in [4.78, 5) is 11.5. The number of hydrogen-bond donors (Lipinski definition) is 1. The van der Waals surface area contributed by atoms with Crippen LogP contribution < -0.4 is 10.1 Å². The molecule has 0 spiro atoms. The Morgan fingerprint density at radius 1 is 1.56 bits per heavy atom. The SMILES string of the molecule is C=CCC(F)(F)C(=O)N[C@@H]1COc2ccccc21. The van der Waals surface area contributed by atoms with Crippen molar-refractivity contribution in [3.05, 3.63) is 42.5 Å². The van der Waals surface area contributed by atoms with Gasteiger partial charge in [-0.05, 0) is 6.07 Å². The number of carbonyl (C=O) groups is 1. The number of para-hydroxylation sites is 1. The maximum absolute atomic E-state index is 13.3. The van der Waals surface area contributed by atoms with Crippen molar-refractivity contribution in [1.82, 2.24) is 5.32 Å². The quantitative estimate of drug-likeness (QED) is 0.837. The Morgan fingerprint density at radius 2 is 2.28 bits per heavy atom. The highest BCUT2D eigenvalue weighted by Gasteiger charge is 2.39. The fourth-order valence-corrected chi connectivity index (χ4v) is 1.82. The molecule has 0 bridgehead atoms. The number of alkyl halides is 2. The number of benzene rings is 1. The van der Waals surface area contributed by atoms with Gasteiger partial charge >= 0.3 is 5.92 Å². The van der Waals surface area contributed by atoms with Crippen molar-refractivity contribution in [1.29, 1.82) is 0 Å². The predicted molar refractivity (Wildman–Crippen MR) is 62.6 cm³/mol. The van der Waals surface area contributed by atoms with Crippen LogP contribution in [0.1, 0.15) is 18.0 Å². The number of fused-ring (bicyclic) bond motifs is 1. The molecule has 1 heterocycles. The number of allylic oxidation sites excluding steroid dienone is 1. The van der Waals surface area contributed by atoms with Crippen LogP contribution in [0.4, 0.5) is 8.78 Å². The van der Waals surface area contributed by atoms with Gasteiger partial charge in [0.25, 0.3) is 5.91 Å². The first kappa shape index (κ1) is 12.5. The van der Waals surface area contributed by atoms with Crippen LogP contribution in [0.2, 0.25) is 0 Å². The van der Waals surface area contributed by atoms with Gasteiger partial charge in [-0.1, -0.05) is 24.3 Å². The average Bonchev–Trinajstić information content (AvgIpc) is 2.73. The topological polar surface area (TPSA) is 38.3 Å². The van der Waals surface area contributed by atoms with E-state index in [0.29, 0.717) is 5.75 Å². The maximum Gasteiger partial charge on any atom is 0.327 e. The van der Waals surface area contributed by atoms with Crippen LogP contribution in [-0.4, -0.2) is 18.4 Å². The molecular weight excluding hydrogens is 240 g/mol. The lowest BCUT2D eigenvalue weighted by Gasteiger charge is -2.17. The summed E-state index contributed by atoms with van der Waals surface area (Å²) in [5, 5.41) is 2.30. The first-order chi connectivity index (χ1) is 8.54. The third kappa shape index (κ3) is 2.34. The molecule has 1 aromatic carbocycles. The second kappa shape index (κ2) is 4.76. The Balaban J connectivity index is 2.08. The zero-order chi connectivity index (χ0) is 13.2. The maximum atomic E-state index is 13.3. The summed E-state index contributed by atoms with van der Waals surface area (Å²) in [6.45, 7) is 3.39. The van der Waals surface area contributed by atoms with Crippen LogP contribution in [0, 0.1) is 0 Å². The molecule has 1 aromatic rings. The molecule has 0 aliphatic carbocycles. The first-order valence-electron chi connectivity index (χ1n) is 5.56. The fourth-order valence-electron chi connectivity index (χ4n) is 1.82. The highest BCUT2D eigenvalue weighted by molar-refractivity contribution is 5.84.